The van der Waals surface area contributed by atoms with Gasteiger partial charge in [-0.25, -0.2) is 0 Å². The summed E-state index contributed by atoms with van der Waals surface area (Å²) in [6, 6.07) is 10.3. The molecule has 257 valence electrons. The molecule has 6 heteroatoms. The summed E-state index contributed by atoms with van der Waals surface area (Å²) in [6.07, 6.45) is 23.0. The van der Waals surface area contributed by atoms with Gasteiger partial charge in [0.1, 0.15) is 0 Å². The molecule has 0 saturated heterocycles. The first-order valence-electron chi connectivity index (χ1n) is 18.5. The van der Waals surface area contributed by atoms with Crippen LogP contribution in [0.2, 0.25) is 51.9 Å². The van der Waals surface area contributed by atoms with Crippen molar-refractivity contribution in [2.24, 2.45) is 5.41 Å². The Hall–Kier alpha value is -0.249. The predicted octanol–water partition coefficient (Wildman–Crippen LogP) is 12.7. The quantitative estimate of drug-likeness (QED) is 0.0692. The van der Waals surface area contributed by atoms with Gasteiger partial charge in [0.05, 0.1) is 6.10 Å². The first-order chi connectivity index (χ1) is 20.5. The Morgan fingerprint density at radius 3 is 1.43 bits per heavy atom. The monoisotopic (exact) mass is 664 g/mol. The Morgan fingerprint density at radius 2 is 1.02 bits per heavy atom. The smallest absolute Gasteiger partial charge is 0.314 e. The molecule has 0 heterocycles. The molecule has 1 aromatic carbocycles. The minimum Gasteiger partial charge on any atom is -0.437 e. The van der Waals surface area contributed by atoms with Crippen LogP contribution in [-0.4, -0.2) is 37.9 Å². The zero-order valence-corrected chi connectivity index (χ0v) is 34.3. The largest absolute Gasteiger partial charge is 0.437 e. The summed E-state index contributed by atoms with van der Waals surface area (Å²) in [4.78, 5) is 0. The fourth-order valence-electron chi connectivity index (χ4n) is 6.18. The summed E-state index contributed by atoms with van der Waals surface area (Å²) in [5, 5.41) is 0. The molecule has 44 heavy (non-hydrogen) atoms. The zero-order valence-electron chi connectivity index (χ0n) is 31.3. The van der Waals surface area contributed by atoms with Gasteiger partial charge in [-0.1, -0.05) is 129 Å². The zero-order chi connectivity index (χ0) is 33.1. The van der Waals surface area contributed by atoms with Gasteiger partial charge in [0.15, 0.2) is 16.6 Å². The van der Waals surface area contributed by atoms with Crippen LogP contribution >= 0.6 is 0 Å². The van der Waals surface area contributed by atoms with Crippen molar-refractivity contribution in [2.45, 2.75) is 188 Å². The highest BCUT2D eigenvalue weighted by atomic mass is 28.5. The van der Waals surface area contributed by atoms with Crippen LogP contribution in [0.5, 0.6) is 0 Å². The molecule has 0 aliphatic carbocycles. The number of unbranched alkanes of at least 4 members (excludes halogenated alkanes) is 13. The average molecular weight is 664 g/mol. The Labute approximate surface area is 279 Å². The standard InChI is InChI=1S/C38H75O3Si3/c1-12-13-14-15-16-17-18-19-20-21-22-23-24-25-27-35-28-30-36(31-29-35)34-37(38(2,3)4)39-32-26-33-44(11,40-42(5,6)7)41-43(8,9)10/h28-31,37H,2,12-27,32-34H2,1,3-11H3. The minimum atomic E-state index is -2.22. The van der Waals surface area contributed by atoms with Gasteiger partial charge in [-0.2, -0.15) is 0 Å². The molecule has 1 atom stereocenters. The van der Waals surface area contributed by atoms with Gasteiger partial charge in [-0.15, -0.1) is 0 Å². The summed E-state index contributed by atoms with van der Waals surface area (Å²) in [6.45, 7) is 27.8. The number of benzene rings is 1. The van der Waals surface area contributed by atoms with Crippen molar-refractivity contribution >= 4 is 25.2 Å². The predicted molar refractivity (Wildman–Crippen MR) is 203 cm³/mol. The maximum atomic E-state index is 6.69. The van der Waals surface area contributed by atoms with Crippen molar-refractivity contribution in [1.82, 2.24) is 0 Å². The van der Waals surface area contributed by atoms with E-state index in [0.717, 1.165) is 25.5 Å². The molecule has 1 aromatic rings. The van der Waals surface area contributed by atoms with Gasteiger partial charge < -0.3 is 13.0 Å². The molecule has 3 nitrogen and oxygen atoms in total. The second-order valence-electron chi connectivity index (χ2n) is 16.4. The van der Waals surface area contributed by atoms with Crippen molar-refractivity contribution in [3.63, 3.8) is 0 Å². The third-order valence-electron chi connectivity index (χ3n) is 8.27. The van der Waals surface area contributed by atoms with E-state index in [-0.39, 0.29) is 11.5 Å². The van der Waals surface area contributed by atoms with Crippen molar-refractivity contribution in [2.75, 3.05) is 6.61 Å². The molecule has 1 radical (unpaired) electrons. The molecule has 1 unspecified atom stereocenters. The Balaban J connectivity index is 2.36. The van der Waals surface area contributed by atoms with Crippen LogP contribution in [0.15, 0.2) is 24.3 Å². The van der Waals surface area contributed by atoms with Gasteiger partial charge >= 0.3 is 8.56 Å². The molecule has 0 saturated carbocycles. The van der Waals surface area contributed by atoms with Crippen LogP contribution in [0.1, 0.15) is 128 Å². The molecular formula is C38H75O3Si3. The van der Waals surface area contributed by atoms with E-state index in [0.29, 0.717) is 0 Å². The highest BCUT2D eigenvalue weighted by molar-refractivity contribution is 6.87. The fourth-order valence-corrected chi connectivity index (χ4v) is 18.7. The number of hydrogen-bond acceptors (Lipinski definition) is 3. The molecule has 0 spiro atoms. The molecule has 0 aromatic heterocycles. The molecule has 0 amide bonds. The SMILES string of the molecule is [CH2]C(C)(C)C(Cc1ccc(CCCCCCCCCCCCCCCC)cc1)OCCC[Si](C)(O[Si](C)(C)C)O[Si](C)(C)C. The lowest BCUT2D eigenvalue weighted by Gasteiger charge is -2.38. The van der Waals surface area contributed by atoms with Gasteiger partial charge in [0.25, 0.3) is 0 Å². The fraction of sp³-hybridized carbons (Fsp3) is 0.816. The van der Waals surface area contributed by atoms with E-state index in [2.05, 4.69) is 97.8 Å². The summed E-state index contributed by atoms with van der Waals surface area (Å²) in [7, 11) is -5.58. The lowest BCUT2D eigenvalue weighted by Crippen LogP contribution is -2.52. The van der Waals surface area contributed by atoms with Crippen molar-refractivity contribution in [3.05, 3.63) is 42.3 Å². The van der Waals surface area contributed by atoms with Crippen LogP contribution in [0.25, 0.3) is 0 Å². The molecule has 0 aliphatic rings. The number of aryl methyl sites for hydroxylation is 1. The second-order valence-corrected chi connectivity index (χ2v) is 29.2. The lowest BCUT2D eigenvalue weighted by molar-refractivity contribution is -0.00630. The molecule has 0 aliphatic heterocycles. The van der Waals surface area contributed by atoms with Crippen molar-refractivity contribution in [3.8, 4) is 0 Å². The third kappa shape index (κ3) is 22.3. The Bertz CT molecular complexity index is 821. The van der Waals surface area contributed by atoms with Gasteiger partial charge in [-0.05, 0) is 101 Å². The Morgan fingerprint density at radius 1 is 0.614 bits per heavy atom. The molecule has 0 fully saturated rings. The second kappa shape index (κ2) is 21.6. The molecular weight excluding hydrogens is 589 g/mol. The first-order valence-corrected chi connectivity index (χ1v) is 27.8. The number of hydrogen-bond donors (Lipinski definition) is 0. The van der Waals surface area contributed by atoms with Gasteiger partial charge in [0, 0.05) is 6.61 Å². The summed E-state index contributed by atoms with van der Waals surface area (Å²) < 4.78 is 19.9. The van der Waals surface area contributed by atoms with Gasteiger partial charge in [-0.3, -0.25) is 0 Å². The highest BCUT2D eigenvalue weighted by Crippen LogP contribution is 2.28. The van der Waals surface area contributed by atoms with Crippen molar-refractivity contribution in [1.29, 1.82) is 0 Å². The van der Waals surface area contributed by atoms with E-state index in [1.807, 2.05) is 0 Å². The molecule has 0 N–H and O–H groups in total. The first kappa shape index (κ1) is 41.8. The maximum Gasteiger partial charge on any atom is 0.314 e. The van der Waals surface area contributed by atoms with E-state index in [4.69, 9.17) is 13.0 Å². The Kier molecular flexibility index (Phi) is 20.5. The number of rotatable bonds is 27. The van der Waals surface area contributed by atoms with E-state index < -0.39 is 25.2 Å². The van der Waals surface area contributed by atoms with Crippen LogP contribution < -0.4 is 0 Å². The number of ether oxygens (including phenoxy) is 1. The average Bonchev–Trinajstić information content (AvgIpc) is 2.88. The van der Waals surface area contributed by atoms with E-state index in [1.54, 1.807) is 0 Å². The molecule has 0 bridgehead atoms. The van der Waals surface area contributed by atoms with Crippen LogP contribution in [0, 0.1) is 12.3 Å². The highest BCUT2D eigenvalue weighted by Gasteiger charge is 2.40. The topological polar surface area (TPSA) is 27.7 Å². The van der Waals surface area contributed by atoms with Crippen LogP contribution in [-0.2, 0) is 25.8 Å². The minimum absolute atomic E-state index is 0.0860. The third-order valence-corrected chi connectivity index (χ3v) is 17.9. The summed E-state index contributed by atoms with van der Waals surface area (Å²) >= 11 is 0. The van der Waals surface area contributed by atoms with E-state index in [1.165, 1.54) is 107 Å². The normalized spacial score (nSPS) is 13.9. The van der Waals surface area contributed by atoms with E-state index >= 15 is 0 Å². The summed E-state index contributed by atoms with van der Waals surface area (Å²) in [5.74, 6) is 0. The van der Waals surface area contributed by atoms with Crippen LogP contribution in [0.3, 0.4) is 0 Å². The van der Waals surface area contributed by atoms with Gasteiger partial charge in [0.2, 0.25) is 0 Å². The maximum absolute atomic E-state index is 6.69. The molecule has 1 rings (SSSR count). The van der Waals surface area contributed by atoms with E-state index in [9.17, 15) is 0 Å². The van der Waals surface area contributed by atoms with Crippen LogP contribution in [0.4, 0.5) is 0 Å². The summed E-state index contributed by atoms with van der Waals surface area (Å²) in [5.41, 5.74) is 2.66. The van der Waals surface area contributed by atoms with Crippen molar-refractivity contribution < 1.29 is 13.0 Å². The lowest BCUT2D eigenvalue weighted by atomic mass is 9.85.